The van der Waals surface area contributed by atoms with E-state index in [1.54, 1.807) is 6.92 Å². The minimum Gasteiger partial charge on any atom is -0.479 e. The Balaban J connectivity index is 2.75. The average Bonchev–Trinajstić information content (AvgIpc) is 2.18. The highest BCUT2D eigenvalue weighted by Crippen LogP contribution is 2.22. The third-order valence-electron chi connectivity index (χ3n) is 2.14. The van der Waals surface area contributed by atoms with Gasteiger partial charge in [0, 0.05) is 6.61 Å². The molecule has 88 valence electrons. The van der Waals surface area contributed by atoms with Crippen LogP contribution in [0.1, 0.15) is 6.92 Å². The van der Waals surface area contributed by atoms with Gasteiger partial charge in [0.2, 0.25) is 0 Å². The maximum absolute atomic E-state index is 10.6. The summed E-state index contributed by atoms with van der Waals surface area (Å²) in [5.41, 5.74) is 0. The first kappa shape index (κ1) is 12.3. The van der Waals surface area contributed by atoms with Crippen LogP contribution < -0.4 is 0 Å². The zero-order valence-electron chi connectivity index (χ0n) is 8.11. The number of aliphatic hydroxyl groups is 3. The Kier molecular flexibility index (Phi) is 4.00. The van der Waals surface area contributed by atoms with Crippen molar-refractivity contribution in [2.75, 3.05) is 6.61 Å². The lowest BCUT2D eigenvalue weighted by atomic mass is 9.99. The molecule has 1 fully saturated rings. The topological polar surface area (TPSA) is 116 Å². The van der Waals surface area contributed by atoms with Gasteiger partial charge in [0.05, 0.1) is 0 Å². The Morgan fingerprint density at radius 3 is 2.33 bits per heavy atom. The molecule has 0 aromatic rings. The summed E-state index contributed by atoms with van der Waals surface area (Å²) >= 11 is 0. The third kappa shape index (κ3) is 2.44. The van der Waals surface area contributed by atoms with E-state index >= 15 is 0 Å². The largest absolute Gasteiger partial charge is 0.479 e. The molecule has 0 amide bonds. The maximum Gasteiger partial charge on any atom is 0.335 e. The highest BCUT2D eigenvalue weighted by Gasteiger charge is 2.47. The van der Waals surface area contributed by atoms with Crippen LogP contribution in [0.15, 0.2) is 0 Å². The minimum absolute atomic E-state index is 0.191. The van der Waals surface area contributed by atoms with E-state index in [-0.39, 0.29) is 6.61 Å². The van der Waals surface area contributed by atoms with E-state index in [4.69, 9.17) is 14.6 Å². The summed E-state index contributed by atoms with van der Waals surface area (Å²) in [4.78, 5) is 10.6. The molecule has 1 aliphatic rings. The lowest BCUT2D eigenvalue weighted by molar-refractivity contribution is -0.292. The van der Waals surface area contributed by atoms with Crippen LogP contribution in [0, 0.1) is 0 Å². The van der Waals surface area contributed by atoms with Crippen molar-refractivity contribution >= 4 is 5.97 Å². The van der Waals surface area contributed by atoms with Crippen LogP contribution in [-0.4, -0.2) is 63.7 Å². The summed E-state index contributed by atoms with van der Waals surface area (Å²) < 4.78 is 9.69. The summed E-state index contributed by atoms with van der Waals surface area (Å²) in [5, 5.41) is 36.7. The van der Waals surface area contributed by atoms with Crippen LogP contribution in [0.5, 0.6) is 0 Å². The Morgan fingerprint density at radius 2 is 1.87 bits per heavy atom. The molecule has 0 aromatic carbocycles. The molecule has 5 atom stereocenters. The van der Waals surface area contributed by atoms with Gasteiger partial charge in [0.1, 0.15) is 18.3 Å². The fraction of sp³-hybridized carbons (Fsp3) is 0.875. The average molecular weight is 222 g/mol. The number of hydrogen-bond acceptors (Lipinski definition) is 6. The lowest BCUT2D eigenvalue weighted by Gasteiger charge is -2.38. The Labute approximate surface area is 85.9 Å². The van der Waals surface area contributed by atoms with Gasteiger partial charge in [0.15, 0.2) is 12.4 Å². The van der Waals surface area contributed by atoms with Crippen LogP contribution in [0.2, 0.25) is 0 Å². The van der Waals surface area contributed by atoms with Gasteiger partial charge >= 0.3 is 5.97 Å². The summed E-state index contributed by atoms with van der Waals surface area (Å²) in [6, 6.07) is 0. The number of aliphatic carboxylic acids is 1. The number of ether oxygens (including phenoxy) is 2. The first-order chi connectivity index (χ1) is 6.99. The first-order valence-corrected chi connectivity index (χ1v) is 4.53. The Bertz CT molecular complexity index is 231. The molecule has 7 heteroatoms. The SMILES string of the molecule is CCO[C@H]1O[C@@H](C(=O)O)[C@H](O)[C@@H](O)[C@@H]1O. The molecule has 4 N–H and O–H groups in total. The van der Waals surface area contributed by atoms with Crippen molar-refractivity contribution in [3.8, 4) is 0 Å². The van der Waals surface area contributed by atoms with Gasteiger partial charge in [-0.15, -0.1) is 0 Å². The van der Waals surface area contributed by atoms with Crippen LogP contribution in [0.4, 0.5) is 0 Å². The quantitative estimate of drug-likeness (QED) is 0.432. The van der Waals surface area contributed by atoms with Gasteiger partial charge in [-0.3, -0.25) is 0 Å². The number of carboxylic acids is 1. The molecule has 0 spiro atoms. The summed E-state index contributed by atoms with van der Waals surface area (Å²) in [6.07, 6.45) is -7.57. The van der Waals surface area contributed by atoms with Crippen molar-refractivity contribution in [2.24, 2.45) is 0 Å². The molecule has 1 saturated heterocycles. The molecule has 1 aliphatic heterocycles. The minimum atomic E-state index is -1.67. The van der Waals surface area contributed by atoms with Crippen LogP contribution in [-0.2, 0) is 14.3 Å². The van der Waals surface area contributed by atoms with Gasteiger partial charge in [-0.05, 0) is 6.92 Å². The smallest absolute Gasteiger partial charge is 0.335 e. The maximum atomic E-state index is 10.6. The van der Waals surface area contributed by atoms with Gasteiger partial charge in [-0.2, -0.15) is 0 Å². The normalized spacial score (nSPS) is 41.5. The fourth-order valence-electron chi connectivity index (χ4n) is 1.35. The second-order valence-electron chi connectivity index (χ2n) is 3.19. The van der Waals surface area contributed by atoms with E-state index in [0.717, 1.165) is 0 Å². The van der Waals surface area contributed by atoms with Crippen molar-refractivity contribution < 1.29 is 34.7 Å². The van der Waals surface area contributed by atoms with E-state index in [9.17, 15) is 20.1 Å². The molecule has 0 saturated carbocycles. The number of aliphatic hydroxyl groups excluding tert-OH is 3. The van der Waals surface area contributed by atoms with E-state index in [0.29, 0.717) is 0 Å². The Hall–Kier alpha value is -0.730. The summed E-state index contributed by atoms with van der Waals surface area (Å²) in [6.45, 7) is 1.82. The second kappa shape index (κ2) is 4.86. The summed E-state index contributed by atoms with van der Waals surface area (Å²) in [5.74, 6) is -1.42. The van der Waals surface area contributed by atoms with Crippen LogP contribution in [0.3, 0.4) is 0 Å². The van der Waals surface area contributed by atoms with Crippen molar-refractivity contribution in [2.45, 2.75) is 37.6 Å². The predicted molar refractivity (Wildman–Crippen MR) is 45.9 cm³/mol. The second-order valence-corrected chi connectivity index (χ2v) is 3.19. The van der Waals surface area contributed by atoms with Crippen LogP contribution >= 0.6 is 0 Å². The highest BCUT2D eigenvalue weighted by molar-refractivity contribution is 5.73. The van der Waals surface area contributed by atoms with Gasteiger partial charge < -0.3 is 29.9 Å². The zero-order chi connectivity index (χ0) is 11.6. The van der Waals surface area contributed by atoms with Gasteiger partial charge in [-0.1, -0.05) is 0 Å². The van der Waals surface area contributed by atoms with Crippen molar-refractivity contribution in [1.29, 1.82) is 0 Å². The molecular weight excluding hydrogens is 208 g/mol. The van der Waals surface area contributed by atoms with Gasteiger partial charge in [-0.25, -0.2) is 4.79 Å². The monoisotopic (exact) mass is 222 g/mol. The van der Waals surface area contributed by atoms with Gasteiger partial charge in [0.25, 0.3) is 0 Å². The summed E-state index contributed by atoms with van der Waals surface area (Å²) in [7, 11) is 0. The molecule has 1 rings (SSSR count). The lowest BCUT2D eigenvalue weighted by Crippen LogP contribution is -2.60. The number of carbonyl (C=O) groups is 1. The fourth-order valence-corrected chi connectivity index (χ4v) is 1.35. The van der Waals surface area contributed by atoms with Crippen LogP contribution in [0.25, 0.3) is 0 Å². The first-order valence-electron chi connectivity index (χ1n) is 4.53. The predicted octanol–water partition coefficient (Wildman–Crippen LogP) is -2.08. The molecule has 0 radical (unpaired) electrons. The van der Waals surface area contributed by atoms with Crippen molar-refractivity contribution in [3.63, 3.8) is 0 Å². The van der Waals surface area contributed by atoms with E-state index in [1.165, 1.54) is 0 Å². The standard InChI is InChI=1S/C8H14O7/c1-2-14-8-5(11)3(9)4(10)6(15-8)7(12)13/h3-6,8-11H,2H2,1H3,(H,12,13)/t3-,4-,5+,6-,8+/m1/s1. The number of rotatable bonds is 3. The zero-order valence-corrected chi connectivity index (χ0v) is 8.11. The highest BCUT2D eigenvalue weighted by atomic mass is 16.7. The number of carboxylic acid groups (broad SMARTS) is 1. The van der Waals surface area contributed by atoms with Crippen molar-refractivity contribution in [3.05, 3.63) is 0 Å². The molecule has 7 nitrogen and oxygen atoms in total. The molecule has 1 heterocycles. The Morgan fingerprint density at radius 1 is 1.27 bits per heavy atom. The molecule has 0 aliphatic carbocycles. The molecule has 15 heavy (non-hydrogen) atoms. The molecular formula is C8H14O7. The third-order valence-corrected chi connectivity index (χ3v) is 2.14. The molecule has 0 bridgehead atoms. The van der Waals surface area contributed by atoms with E-state index in [2.05, 4.69) is 0 Å². The van der Waals surface area contributed by atoms with Crippen molar-refractivity contribution in [1.82, 2.24) is 0 Å². The van der Waals surface area contributed by atoms with E-state index < -0.39 is 36.7 Å². The van der Waals surface area contributed by atoms with E-state index in [1.807, 2.05) is 0 Å². The molecule has 0 aromatic heterocycles. The number of hydrogen-bond donors (Lipinski definition) is 4. The molecule has 0 unspecified atom stereocenters.